The maximum absolute atomic E-state index is 12.6. The summed E-state index contributed by atoms with van der Waals surface area (Å²) in [6.07, 6.45) is 4.79. The van der Waals surface area contributed by atoms with Gasteiger partial charge in [-0.15, -0.1) is 0 Å². The van der Waals surface area contributed by atoms with E-state index >= 15 is 0 Å². The topological polar surface area (TPSA) is 93.4 Å². The Morgan fingerprint density at radius 3 is 2.88 bits per heavy atom. The molecule has 1 saturated carbocycles. The van der Waals surface area contributed by atoms with Crippen LogP contribution in [-0.4, -0.2) is 52.2 Å². The number of ether oxygens (including phenoxy) is 1. The quantitative estimate of drug-likeness (QED) is 0.845. The zero-order valence-electron chi connectivity index (χ0n) is 15.1. The number of carbonyl (C=O) groups excluding carboxylic acids is 1. The van der Waals surface area contributed by atoms with E-state index < -0.39 is 0 Å². The predicted octanol–water partition coefficient (Wildman–Crippen LogP) is 2.01. The molecule has 3 heterocycles. The lowest BCUT2D eigenvalue weighted by molar-refractivity contribution is -0.134. The Morgan fingerprint density at radius 1 is 1.38 bits per heavy atom. The van der Waals surface area contributed by atoms with Crippen LogP contribution >= 0.6 is 0 Å². The fourth-order valence-electron chi connectivity index (χ4n) is 3.06. The molecule has 26 heavy (non-hydrogen) atoms. The molecule has 2 fully saturated rings. The molecule has 0 radical (unpaired) electrons. The molecule has 138 valence electrons. The summed E-state index contributed by atoms with van der Waals surface area (Å²) in [5.41, 5.74) is 2.29. The fourth-order valence-corrected chi connectivity index (χ4v) is 3.06. The second-order valence-electron chi connectivity index (χ2n) is 7.06. The first-order valence-corrected chi connectivity index (χ1v) is 8.99. The summed E-state index contributed by atoms with van der Waals surface area (Å²) in [5, 5.41) is 7.25. The summed E-state index contributed by atoms with van der Waals surface area (Å²) in [7, 11) is 1.80. The lowest BCUT2D eigenvalue weighted by atomic mass is 10.1. The highest BCUT2D eigenvalue weighted by Crippen LogP contribution is 2.27. The van der Waals surface area contributed by atoms with Crippen LogP contribution in [-0.2, 0) is 16.1 Å². The monoisotopic (exact) mass is 357 g/mol. The third-order valence-electron chi connectivity index (χ3n) is 4.71. The highest BCUT2D eigenvalue weighted by molar-refractivity contribution is 5.79. The van der Waals surface area contributed by atoms with Crippen molar-refractivity contribution in [2.24, 2.45) is 5.92 Å². The molecule has 1 aliphatic carbocycles. The summed E-state index contributed by atoms with van der Waals surface area (Å²) in [6.45, 7) is 3.39. The Kier molecular flexibility index (Phi) is 4.58. The fraction of sp³-hybridized carbons (Fsp3) is 0.556. The molecule has 1 amide bonds. The minimum atomic E-state index is -0.0677. The molecule has 1 unspecified atom stereocenters. The van der Waals surface area contributed by atoms with Crippen LogP contribution < -0.4 is 5.32 Å². The summed E-state index contributed by atoms with van der Waals surface area (Å²) in [4.78, 5) is 23.4. The lowest BCUT2D eigenvalue weighted by Crippen LogP contribution is -2.33. The van der Waals surface area contributed by atoms with Crippen LogP contribution in [0.15, 0.2) is 16.8 Å². The number of rotatable bonds is 6. The van der Waals surface area contributed by atoms with Crippen molar-refractivity contribution in [2.45, 2.75) is 38.8 Å². The van der Waals surface area contributed by atoms with Crippen molar-refractivity contribution in [1.29, 1.82) is 0 Å². The molecule has 2 aliphatic rings. The van der Waals surface area contributed by atoms with Gasteiger partial charge in [0.25, 0.3) is 0 Å². The van der Waals surface area contributed by atoms with Crippen LogP contribution in [0.25, 0.3) is 11.3 Å². The Labute approximate surface area is 151 Å². The van der Waals surface area contributed by atoms with E-state index in [9.17, 15) is 4.79 Å². The molecule has 4 rings (SSSR count). The predicted molar refractivity (Wildman–Crippen MR) is 94.3 cm³/mol. The molecule has 8 nitrogen and oxygen atoms in total. The average Bonchev–Trinajstić information content (AvgIpc) is 3.10. The van der Waals surface area contributed by atoms with Gasteiger partial charge in [-0.05, 0) is 26.2 Å². The van der Waals surface area contributed by atoms with Crippen molar-refractivity contribution >= 4 is 11.9 Å². The van der Waals surface area contributed by atoms with Gasteiger partial charge in [0.15, 0.2) is 5.76 Å². The second-order valence-corrected chi connectivity index (χ2v) is 7.06. The molecule has 8 heteroatoms. The standard InChI is InChI=1S/C18H23N5O3/c1-11-7-16(26-22-11)14-8-19-18(20-13-3-4-13)21-15(14)9-23(2)17(24)12-5-6-25-10-12/h7-8,12-13H,3-6,9-10H2,1-2H3,(H,19,20,21). The number of amides is 1. The van der Waals surface area contributed by atoms with E-state index in [2.05, 4.69) is 20.4 Å². The molecule has 0 bridgehead atoms. The van der Waals surface area contributed by atoms with Crippen LogP contribution in [0.2, 0.25) is 0 Å². The molecule has 1 N–H and O–H groups in total. The molecule has 1 atom stereocenters. The number of anilines is 1. The van der Waals surface area contributed by atoms with Crippen molar-refractivity contribution in [1.82, 2.24) is 20.0 Å². The highest BCUT2D eigenvalue weighted by Gasteiger charge is 2.28. The number of nitrogens with one attached hydrogen (secondary N) is 1. The minimum Gasteiger partial charge on any atom is -0.381 e. The summed E-state index contributed by atoms with van der Waals surface area (Å²) < 4.78 is 10.7. The SMILES string of the molecule is Cc1cc(-c2cnc(NC3CC3)nc2CN(C)C(=O)C2CCOC2)on1. The molecular formula is C18H23N5O3. The van der Waals surface area contributed by atoms with E-state index in [-0.39, 0.29) is 11.8 Å². The molecule has 2 aromatic rings. The number of carbonyl (C=O) groups is 1. The van der Waals surface area contributed by atoms with E-state index in [0.717, 1.165) is 36.2 Å². The van der Waals surface area contributed by atoms with Gasteiger partial charge >= 0.3 is 0 Å². The van der Waals surface area contributed by atoms with Crippen molar-refractivity contribution in [3.8, 4) is 11.3 Å². The van der Waals surface area contributed by atoms with Gasteiger partial charge in [0.05, 0.1) is 36.0 Å². The summed E-state index contributed by atoms with van der Waals surface area (Å²) in [5.74, 6) is 1.22. The molecule has 1 saturated heterocycles. The smallest absolute Gasteiger partial charge is 0.228 e. The van der Waals surface area contributed by atoms with Crippen LogP contribution in [0, 0.1) is 12.8 Å². The maximum atomic E-state index is 12.6. The first kappa shape index (κ1) is 17.0. The summed E-state index contributed by atoms with van der Waals surface area (Å²) in [6, 6.07) is 2.30. The van der Waals surface area contributed by atoms with Crippen LogP contribution in [0.1, 0.15) is 30.7 Å². The van der Waals surface area contributed by atoms with Gasteiger partial charge in [-0.3, -0.25) is 4.79 Å². The molecule has 2 aromatic heterocycles. The molecule has 0 aromatic carbocycles. The van der Waals surface area contributed by atoms with Gasteiger partial charge in [0.2, 0.25) is 11.9 Å². The number of hydrogen-bond acceptors (Lipinski definition) is 7. The lowest BCUT2D eigenvalue weighted by Gasteiger charge is -2.21. The van der Waals surface area contributed by atoms with Crippen LogP contribution in [0.5, 0.6) is 0 Å². The maximum Gasteiger partial charge on any atom is 0.228 e. The van der Waals surface area contributed by atoms with E-state index in [4.69, 9.17) is 9.26 Å². The molecule has 0 spiro atoms. The third kappa shape index (κ3) is 3.70. The summed E-state index contributed by atoms with van der Waals surface area (Å²) >= 11 is 0. The largest absolute Gasteiger partial charge is 0.381 e. The van der Waals surface area contributed by atoms with Crippen LogP contribution in [0.3, 0.4) is 0 Å². The normalized spacial score (nSPS) is 19.5. The molecule has 1 aliphatic heterocycles. The first-order valence-electron chi connectivity index (χ1n) is 8.99. The van der Waals surface area contributed by atoms with Gasteiger partial charge in [-0.2, -0.15) is 0 Å². The minimum absolute atomic E-state index is 0.0677. The number of aryl methyl sites for hydroxylation is 1. The van der Waals surface area contributed by atoms with Gasteiger partial charge in [-0.25, -0.2) is 9.97 Å². The Bertz CT molecular complexity index is 796. The second kappa shape index (κ2) is 7.03. The van der Waals surface area contributed by atoms with Crippen molar-refractivity contribution < 1.29 is 14.1 Å². The van der Waals surface area contributed by atoms with Gasteiger partial charge in [-0.1, -0.05) is 5.16 Å². The zero-order valence-corrected chi connectivity index (χ0v) is 15.1. The number of hydrogen-bond donors (Lipinski definition) is 1. The van der Waals surface area contributed by atoms with Crippen molar-refractivity contribution in [2.75, 3.05) is 25.6 Å². The van der Waals surface area contributed by atoms with E-state index in [1.807, 2.05) is 13.0 Å². The Hall–Kier alpha value is -2.48. The first-order chi connectivity index (χ1) is 12.6. The van der Waals surface area contributed by atoms with Crippen LogP contribution in [0.4, 0.5) is 5.95 Å². The third-order valence-corrected chi connectivity index (χ3v) is 4.71. The van der Waals surface area contributed by atoms with Gasteiger partial charge in [0, 0.05) is 32.0 Å². The van der Waals surface area contributed by atoms with E-state index in [1.165, 1.54) is 0 Å². The van der Waals surface area contributed by atoms with Gasteiger partial charge in [0.1, 0.15) is 0 Å². The Balaban J connectivity index is 1.59. The molecular weight excluding hydrogens is 334 g/mol. The van der Waals surface area contributed by atoms with Crippen molar-refractivity contribution in [3.05, 3.63) is 23.7 Å². The van der Waals surface area contributed by atoms with Gasteiger partial charge < -0.3 is 19.5 Å². The zero-order chi connectivity index (χ0) is 18.1. The van der Waals surface area contributed by atoms with E-state index in [1.54, 1.807) is 18.1 Å². The highest BCUT2D eigenvalue weighted by atomic mass is 16.5. The average molecular weight is 357 g/mol. The number of aromatic nitrogens is 3. The Morgan fingerprint density at radius 2 is 2.23 bits per heavy atom. The van der Waals surface area contributed by atoms with E-state index in [0.29, 0.717) is 37.5 Å². The number of nitrogens with zero attached hydrogens (tertiary/aromatic N) is 4. The van der Waals surface area contributed by atoms with Crippen molar-refractivity contribution in [3.63, 3.8) is 0 Å².